The van der Waals surface area contributed by atoms with E-state index in [9.17, 15) is 0 Å². The number of hydrogen-bond donors (Lipinski definition) is 0. The predicted molar refractivity (Wildman–Crippen MR) is 84.6 cm³/mol. The lowest BCUT2D eigenvalue weighted by Crippen LogP contribution is -2.51. The minimum atomic E-state index is 0.310. The van der Waals surface area contributed by atoms with Crippen LogP contribution < -0.4 is 0 Å². The van der Waals surface area contributed by atoms with Crippen LogP contribution >= 0.6 is 0 Å². The molecule has 1 radical (unpaired) electrons. The van der Waals surface area contributed by atoms with E-state index in [0.717, 1.165) is 6.04 Å². The first kappa shape index (κ1) is 14.1. The molecule has 1 saturated carbocycles. The molecule has 3 rings (SSSR count). The first-order valence-corrected chi connectivity index (χ1v) is 8.21. The molecule has 1 unspecified atom stereocenters. The quantitative estimate of drug-likeness (QED) is 0.830. The number of hydrogen-bond acceptors (Lipinski definition) is 2. The summed E-state index contributed by atoms with van der Waals surface area (Å²) < 4.78 is 0. The molecule has 2 nitrogen and oxygen atoms in total. The van der Waals surface area contributed by atoms with Crippen molar-refractivity contribution >= 4 is 0 Å². The fourth-order valence-electron chi connectivity index (χ4n) is 3.75. The zero-order valence-electron chi connectivity index (χ0n) is 12.5. The van der Waals surface area contributed by atoms with Gasteiger partial charge in [0.2, 0.25) is 0 Å². The molecule has 1 heterocycles. The lowest BCUT2D eigenvalue weighted by molar-refractivity contribution is 0.0656. The van der Waals surface area contributed by atoms with Gasteiger partial charge in [-0.05, 0) is 25.3 Å². The zero-order valence-corrected chi connectivity index (χ0v) is 12.5. The maximum absolute atomic E-state index is 4.38. The molecular weight excluding hydrogens is 244 g/mol. The van der Waals surface area contributed by atoms with E-state index in [1.807, 2.05) is 0 Å². The monoisotopic (exact) mass is 271 g/mol. The Labute approximate surface area is 123 Å². The minimum Gasteiger partial charge on any atom is -0.298 e. The fraction of sp³-hybridized carbons (Fsp3) is 0.611. The topological polar surface area (TPSA) is 6.48 Å². The van der Waals surface area contributed by atoms with Crippen LogP contribution in [0.4, 0.5) is 0 Å². The van der Waals surface area contributed by atoms with Gasteiger partial charge >= 0.3 is 0 Å². The van der Waals surface area contributed by atoms with E-state index in [1.165, 1.54) is 63.8 Å². The highest BCUT2D eigenvalue weighted by atomic mass is 15.3. The summed E-state index contributed by atoms with van der Waals surface area (Å²) in [5, 5.41) is 0. The van der Waals surface area contributed by atoms with E-state index >= 15 is 0 Å². The van der Waals surface area contributed by atoms with Crippen LogP contribution in [0.15, 0.2) is 30.3 Å². The molecule has 1 aliphatic carbocycles. The van der Waals surface area contributed by atoms with Crippen LogP contribution in [0.5, 0.6) is 0 Å². The molecule has 0 aromatic heterocycles. The van der Waals surface area contributed by atoms with Crippen molar-refractivity contribution < 1.29 is 0 Å². The van der Waals surface area contributed by atoms with Gasteiger partial charge in [-0.2, -0.15) is 0 Å². The molecule has 0 bridgehead atoms. The summed E-state index contributed by atoms with van der Waals surface area (Å²) in [7, 11) is 0. The summed E-state index contributed by atoms with van der Waals surface area (Å²) in [6.45, 7) is 9.16. The van der Waals surface area contributed by atoms with Crippen LogP contribution in [0.25, 0.3) is 0 Å². The molecule has 1 aliphatic heterocycles. The van der Waals surface area contributed by atoms with Crippen LogP contribution in [0, 0.1) is 6.92 Å². The Morgan fingerprint density at radius 2 is 1.55 bits per heavy atom. The van der Waals surface area contributed by atoms with Crippen LogP contribution in [0.2, 0.25) is 0 Å². The first-order chi connectivity index (χ1) is 9.84. The Kier molecular flexibility index (Phi) is 4.74. The highest BCUT2D eigenvalue weighted by Gasteiger charge is 2.27. The van der Waals surface area contributed by atoms with Gasteiger partial charge in [-0.25, -0.2) is 0 Å². The molecule has 2 aliphatic rings. The van der Waals surface area contributed by atoms with E-state index < -0.39 is 0 Å². The predicted octanol–water partition coefficient (Wildman–Crippen LogP) is 3.51. The van der Waals surface area contributed by atoms with Crippen LogP contribution in [0.3, 0.4) is 0 Å². The maximum atomic E-state index is 4.38. The molecule has 0 N–H and O–H groups in total. The molecule has 109 valence electrons. The van der Waals surface area contributed by atoms with Crippen molar-refractivity contribution in [1.82, 2.24) is 9.80 Å². The number of benzene rings is 1. The maximum Gasteiger partial charge on any atom is 0.0349 e. The summed E-state index contributed by atoms with van der Waals surface area (Å²) in [6.07, 6.45) is 7.17. The van der Waals surface area contributed by atoms with E-state index in [0.29, 0.717) is 6.04 Å². The Morgan fingerprint density at radius 1 is 0.900 bits per heavy atom. The van der Waals surface area contributed by atoms with Gasteiger partial charge in [-0.1, -0.05) is 49.6 Å². The Bertz CT molecular complexity index is 389. The Balaban J connectivity index is 1.53. The van der Waals surface area contributed by atoms with E-state index in [4.69, 9.17) is 0 Å². The summed E-state index contributed by atoms with van der Waals surface area (Å²) in [6, 6.07) is 11.9. The molecule has 1 aromatic carbocycles. The molecule has 1 aromatic rings. The highest BCUT2D eigenvalue weighted by molar-refractivity contribution is 5.20. The van der Waals surface area contributed by atoms with Gasteiger partial charge in [0, 0.05) is 38.3 Å². The van der Waals surface area contributed by atoms with Crippen LogP contribution in [-0.2, 0) is 0 Å². The molecular formula is C18H27N2. The number of piperazine rings is 1. The molecule has 2 heteroatoms. The number of rotatable bonds is 3. The normalized spacial score (nSPS) is 24.6. The van der Waals surface area contributed by atoms with Gasteiger partial charge in [0.05, 0.1) is 0 Å². The summed E-state index contributed by atoms with van der Waals surface area (Å²) in [5.41, 5.74) is 1.35. The summed E-state index contributed by atoms with van der Waals surface area (Å²) in [4.78, 5) is 5.27. The number of nitrogens with zero attached hydrogens (tertiary/aromatic N) is 2. The van der Waals surface area contributed by atoms with Gasteiger partial charge in [0.25, 0.3) is 0 Å². The lowest BCUT2D eigenvalue weighted by Gasteiger charge is -2.42. The van der Waals surface area contributed by atoms with Crippen molar-refractivity contribution in [3.63, 3.8) is 0 Å². The molecule has 0 spiro atoms. The van der Waals surface area contributed by atoms with Crippen molar-refractivity contribution in [2.24, 2.45) is 0 Å². The standard InChI is InChI=1S/C18H27N2/c1-16(17-8-4-2-5-9-17)19-12-14-20(15-13-19)18-10-6-3-7-11-18/h2,4-5,8-9,16,18H,1,3,6-7,10-15H2. The van der Waals surface area contributed by atoms with Gasteiger partial charge in [-0.3, -0.25) is 9.80 Å². The van der Waals surface area contributed by atoms with Gasteiger partial charge in [0.1, 0.15) is 0 Å². The Morgan fingerprint density at radius 3 is 2.20 bits per heavy atom. The fourth-order valence-corrected chi connectivity index (χ4v) is 3.75. The highest BCUT2D eigenvalue weighted by Crippen LogP contribution is 2.26. The third-order valence-corrected chi connectivity index (χ3v) is 5.07. The molecule has 1 atom stereocenters. The van der Waals surface area contributed by atoms with E-state index in [1.54, 1.807) is 0 Å². The van der Waals surface area contributed by atoms with Crippen molar-refractivity contribution in [3.8, 4) is 0 Å². The molecule has 2 fully saturated rings. The van der Waals surface area contributed by atoms with Gasteiger partial charge in [-0.15, -0.1) is 0 Å². The van der Waals surface area contributed by atoms with Gasteiger partial charge in [0.15, 0.2) is 0 Å². The average molecular weight is 271 g/mol. The second kappa shape index (κ2) is 6.73. The largest absolute Gasteiger partial charge is 0.298 e. The molecule has 20 heavy (non-hydrogen) atoms. The van der Waals surface area contributed by atoms with Crippen molar-refractivity contribution in [1.29, 1.82) is 0 Å². The minimum absolute atomic E-state index is 0.310. The third-order valence-electron chi connectivity index (χ3n) is 5.07. The van der Waals surface area contributed by atoms with E-state index in [-0.39, 0.29) is 0 Å². The third kappa shape index (κ3) is 3.24. The lowest BCUT2D eigenvalue weighted by atomic mass is 9.93. The SMILES string of the molecule is [CH2]C(c1ccccc1)N1CCN(C2CCCCC2)CC1. The molecule has 0 amide bonds. The second-order valence-electron chi connectivity index (χ2n) is 6.29. The van der Waals surface area contributed by atoms with Crippen LogP contribution in [-0.4, -0.2) is 42.0 Å². The summed E-state index contributed by atoms with van der Waals surface area (Å²) >= 11 is 0. The average Bonchev–Trinajstić information content (AvgIpc) is 2.56. The van der Waals surface area contributed by atoms with Crippen molar-refractivity contribution in [2.75, 3.05) is 26.2 Å². The van der Waals surface area contributed by atoms with Gasteiger partial charge < -0.3 is 0 Å². The Hall–Kier alpha value is -0.860. The first-order valence-electron chi connectivity index (χ1n) is 8.21. The van der Waals surface area contributed by atoms with Crippen LogP contribution in [0.1, 0.15) is 43.7 Å². The zero-order chi connectivity index (χ0) is 13.8. The second-order valence-corrected chi connectivity index (χ2v) is 6.29. The molecule has 1 saturated heterocycles. The summed E-state index contributed by atoms with van der Waals surface area (Å²) in [5.74, 6) is 0. The van der Waals surface area contributed by atoms with Crippen molar-refractivity contribution in [3.05, 3.63) is 42.8 Å². The van der Waals surface area contributed by atoms with E-state index in [2.05, 4.69) is 47.1 Å². The van der Waals surface area contributed by atoms with Crippen molar-refractivity contribution in [2.45, 2.75) is 44.2 Å². The smallest absolute Gasteiger partial charge is 0.0349 e.